The van der Waals surface area contributed by atoms with Crippen molar-refractivity contribution in [3.63, 3.8) is 0 Å². The summed E-state index contributed by atoms with van der Waals surface area (Å²) in [6.45, 7) is 0.404. The molecule has 9 heteroatoms. The molecule has 5 rings (SSSR count). The molecule has 2 atom stereocenters. The minimum atomic E-state index is -0.217. The van der Waals surface area contributed by atoms with Gasteiger partial charge in [0.15, 0.2) is 5.11 Å². The first kappa shape index (κ1) is 24.3. The zero-order valence-electron chi connectivity index (χ0n) is 20.2. The number of carbonyl (C=O) groups excluding carboxylic acids is 1. The van der Waals surface area contributed by atoms with Crippen LogP contribution in [0, 0.1) is 0 Å². The van der Waals surface area contributed by atoms with E-state index in [0.29, 0.717) is 23.1 Å². The predicted molar refractivity (Wildman–Crippen MR) is 146 cm³/mol. The number of methoxy groups -OCH3 is 1. The van der Waals surface area contributed by atoms with Gasteiger partial charge in [0, 0.05) is 36.7 Å². The van der Waals surface area contributed by atoms with E-state index >= 15 is 0 Å². The number of nitrogens with one attached hydrogen (secondary N) is 2. The number of pyridine rings is 1. The number of phenolic OH excluding ortho intramolecular Hbond substituents is 1. The van der Waals surface area contributed by atoms with E-state index in [1.807, 2.05) is 71.8 Å². The second kappa shape index (κ2) is 10.7. The molecule has 3 heterocycles. The highest BCUT2D eigenvalue weighted by molar-refractivity contribution is 7.80. The van der Waals surface area contributed by atoms with E-state index in [0.717, 1.165) is 17.1 Å². The Hall–Kier alpha value is -4.37. The largest absolute Gasteiger partial charge is 0.508 e. The number of hydrogen-bond acceptors (Lipinski definition) is 5. The minimum Gasteiger partial charge on any atom is -0.508 e. The summed E-state index contributed by atoms with van der Waals surface area (Å²) in [7, 11) is 1.57. The van der Waals surface area contributed by atoms with Gasteiger partial charge in [-0.25, -0.2) is 0 Å². The molecule has 4 aromatic rings. The molecule has 0 unspecified atom stereocenters. The van der Waals surface area contributed by atoms with Crippen molar-refractivity contribution in [3.05, 3.63) is 103 Å². The number of amides is 1. The van der Waals surface area contributed by atoms with Gasteiger partial charge < -0.3 is 29.9 Å². The molecule has 1 amide bonds. The Labute approximate surface area is 220 Å². The molecule has 0 aliphatic carbocycles. The average molecular weight is 514 g/mol. The molecule has 2 aromatic carbocycles. The van der Waals surface area contributed by atoms with Crippen molar-refractivity contribution in [2.75, 3.05) is 19.0 Å². The number of thiocarbonyl (C=S) groups is 1. The lowest BCUT2D eigenvalue weighted by Gasteiger charge is -2.29. The Morgan fingerprint density at radius 2 is 1.86 bits per heavy atom. The van der Waals surface area contributed by atoms with Crippen LogP contribution in [0.4, 0.5) is 5.69 Å². The van der Waals surface area contributed by atoms with Crippen molar-refractivity contribution in [1.29, 1.82) is 0 Å². The van der Waals surface area contributed by atoms with Crippen LogP contribution in [0.3, 0.4) is 0 Å². The first-order chi connectivity index (χ1) is 18.0. The van der Waals surface area contributed by atoms with E-state index in [1.165, 1.54) is 0 Å². The lowest BCUT2D eigenvalue weighted by molar-refractivity contribution is -0.116. The van der Waals surface area contributed by atoms with Gasteiger partial charge in [-0.3, -0.25) is 9.78 Å². The van der Waals surface area contributed by atoms with Crippen LogP contribution in [0.2, 0.25) is 0 Å². The summed E-state index contributed by atoms with van der Waals surface area (Å²) in [5.74, 6) is 0.672. The first-order valence-electron chi connectivity index (χ1n) is 11.9. The molecule has 188 valence electrons. The third-order valence-electron chi connectivity index (χ3n) is 6.37. The van der Waals surface area contributed by atoms with E-state index in [4.69, 9.17) is 17.0 Å². The topological polar surface area (TPSA) is 91.7 Å². The smallest absolute Gasteiger partial charge is 0.226 e. The average Bonchev–Trinajstić information content (AvgIpc) is 3.53. The molecule has 0 radical (unpaired) electrons. The highest BCUT2D eigenvalue weighted by Gasteiger charge is 2.41. The van der Waals surface area contributed by atoms with Crippen molar-refractivity contribution < 1.29 is 14.6 Å². The van der Waals surface area contributed by atoms with Crippen LogP contribution in [0.5, 0.6) is 11.5 Å². The van der Waals surface area contributed by atoms with Crippen LogP contribution in [0.1, 0.15) is 29.9 Å². The number of para-hydroxylation sites is 2. The van der Waals surface area contributed by atoms with E-state index in [1.54, 1.807) is 31.5 Å². The summed E-state index contributed by atoms with van der Waals surface area (Å²) in [6.07, 6.45) is 3.97. The van der Waals surface area contributed by atoms with Gasteiger partial charge in [0.2, 0.25) is 5.91 Å². The Balaban J connectivity index is 1.43. The van der Waals surface area contributed by atoms with Crippen molar-refractivity contribution in [1.82, 2.24) is 19.8 Å². The highest BCUT2D eigenvalue weighted by Crippen LogP contribution is 2.39. The number of anilines is 1. The third kappa shape index (κ3) is 5.12. The number of benzene rings is 2. The maximum absolute atomic E-state index is 12.9. The quantitative estimate of drug-likeness (QED) is 0.297. The van der Waals surface area contributed by atoms with Gasteiger partial charge >= 0.3 is 0 Å². The normalized spacial score (nSPS) is 16.9. The van der Waals surface area contributed by atoms with Crippen LogP contribution in [0.25, 0.3) is 5.69 Å². The van der Waals surface area contributed by atoms with Crippen molar-refractivity contribution in [2.45, 2.75) is 18.5 Å². The van der Waals surface area contributed by atoms with E-state index in [9.17, 15) is 9.90 Å². The summed E-state index contributed by atoms with van der Waals surface area (Å²) >= 11 is 5.76. The molecule has 1 aliphatic rings. The fraction of sp³-hybridized carbons (Fsp3) is 0.179. The number of phenols is 1. The fourth-order valence-electron chi connectivity index (χ4n) is 4.63. The SMILES string of the molecule is COc1ccccc1NC(=O)CCN1C(=S)N[C@@H](c2ccccn2)[C@@H]1c1cccn1-c1ccc(O)cc1. The van der Waals surface area contributed by atoms with Crippen LogP contribution >= 0.6 is 12.2 Å². The molecular formula is C28H27N5O3S. The Kier molecular flexibility index (Phi) is 7.04. The maximum atomic E-state index is 12.9. The first-order valence-corrected chi connectivity index (χ1v) is 12.3. The van der Waals surface area contributed by atoms with Crippen molar-refractivity contribution >= 4 is 28.9 Å². The monoisotopic (exact) mass is 513 g/mol. The number of aromatic nitrogens is 2. The lowest BCUT2D eigenvalue weighted by Crippen LogP contribution is -2.33. The summed E-state index contributed by atoms with van der Waals surface area (Å²) in [5.41, 5.74) is 3.37. The third-order valence-corrected chi connectivity index (χ3v) is 6.72. The van der Waals surface area contributed by atoms with Gasteiger partial charge in [-0.05, 0) is 72.9 Å². The predicted octanol–water partition coefficient (Wildman–Crippen LogP) is 4.59. The standard InChI is InChI=1S/C28H27N5O3S/c1-36-24-10-3-2-7-21(24)30-25(35)15-18-33-27(26(31-28(33)37)22-8-4-5-16-29-22)23-9-6-17-32(23)19-11-13-20(34)14-12-19/h2-14,16-17,26-27,34H,15,18H2,1H3,(H,30,35)(H,31,37)/t26-,27-/m0/s1. The van der Waals surface area contributed by atoms with Gasteiger partial charge in [0.05, 0.1) is 30.6 Å². The van der Waals surface area contributed by atoms with E-state index < -0.39 is 0 Å². The highest BCUT2D eigenvalue weighted by atomic mass is 32.1. The second-order valence-electron chi connectivity index (χ2n) is 8.64. The molecule has 0 spiro atoms. The fourth-order valence-corrected chi connectivity index (χ4v) is 4.97. The van der Waals surface area contributed by atoms with Gasteiger partial charge in [-0.1, -0.05) is 18.2 Å². The second-order valence-corrected chi connectivity index (χ2v) is 9.02. The minimum absolute atomic E-state index is 0.138. The van der Waals surface area contributed by atoms with Gasteiger partial charge in [-0.2, -0.15) is 0 Å². The van der Waals surface area contributed by atoms with Crippen LogP contribution < -0.4 is 15.4 Å². The molecule has 37 heavy (non-hydrogen) atoms. The summed E-state index contributed by atoms with van der Waals surface area (Å²) in [4.78, 5) is 19.5. The molecule has 1 saturated heterocycles. The molecule has 0 saturated carbocycles. The molecule has 8 nitrogen and oxygen atoms in total. The molecule has 1 aliphatic heterocycles. The number of carbonyl (C=O) groups is 1. The van der Waals surface area contributed by atoms with Crippen LogP contribution in [-0.4, -0.2) is 44.2 Å². The molecular weight excluding hydrogens is 486 g/mol. The summed E-state index contributed by atoms with van der Waals surface area (Å²) < 4.78 is 7.42. The zero-order chi connectivity index (χ0) is 25.8. The maximum Gasteiger partial charge on any atom is 0.226 e. The summed E-state index contributed by atoms with van der Waals surface area (Å²) in [5, 5.41) is 16.7. The van der Waals surface area contributed by atoms with E-state index in [2.05, 4.69) is 20.2 Å². The zero-order valence-corrected chi connectivity index (χ0v) is 21.1. The number of rotatable bonds is 8. The molecule has 2 aromatic heterocycles. The number of hydrogen-bond donors (Lipinski definition) is 3. The van der Waals surface area contributed by atoms with Gasteiger partial charge in [-0.15, -0.1) is 0 Å². The Morgan fingerprint density at radius 3 is 2.62 bits per heavy atom. The molecule has 3 N–H and O–H groups in total. The van der Waals surface area contributed by atoms with Crippen LogP contribution in [0.15, 0.2) is 91.3 Å². The van der Waals surface area contributed by atoms with Crippen LogP contribution in [-0.2, 0) is 4.79 Å². The van der Waals surface area contributed by atoms with Crippen molar-refractivity contribution in [3.8, 4) is 17.2 Å². The number of nitrogens with zero attached hydrogens (tertiary/aromatic N) is 3. The number of ether oxygens (including phenoxy) is 1. The molecule has 1 fully saturated rings. The van der Waals surface area contributed by atoms with Crippen molar-refractivity contribution in [2.24, 2.45) is 0 Å². The Morgan fingerprint density at radius 1 is 1.08 bits per heavy atom. The van der Waals surface area contributed by atoms with E-state index in [-0.39, 0.29) is 30.2 Å². The van der Waals surface area contributed by atoms with Gasteiger partial charge in [0.25, 0.3) is 0 Å². The molecule has 0 bridgehead atoms. The Bertz CT molecular complexity index is 1390. The number of aromatic hydroxyl groups is 1. The van der Waals surface area contributed by atoms with Gasteiger partial charge in [0.1, 0.15) is 11.5 Å². The summed E-state index contributed by atoms with van der Waals surface area (Å²) in [6, 6.07) is 23.8. The lowest BCUT2D eigenvalue weighted by atomic mass is 10.0.